The van der Waals surface area contributed by atoms with E-state index in [1.807, 2.05) is 0 Å². The van der Waals surface area contributed by atoms with Crippen molar-refractivity contribution < 1.29 is 0 Å². The zero-order valence-corrected chi connectivity index (χ0v) is 9.52. The standard InChI is InChI=1S/C11H21NS/c1-12(10-4-5-10)8-11(9-13)6-2-3-7-11/h10,13H,2-9H2,1H3. The van der Waals surface area contributed by atoms with Gasteiger partial charge < -0.3 is 4.90 Å². The Morgan fingerprint density at radius 2 is 1.92 bits per heavy atom. The molecule has 2 saturated carbocycles. The Morgan fingerprint density at radius 1 is 1.31 bits per heavy atom. The van der Waals surface area contributed by atoms with Crippen LogP contribution in [0.15, 0.2) is 0 Å². The molecule has 0 aromatic carbocycles. The molecule has 0 unspecified atom stereocenters. The van der Waals surface area contributed by atoms with Crippen molar-refractivity contribution in [1.29, 1.82) is 0 Å². The predicted molar refractivity (Wildman–Crippen MR) is 60.4 cm³/mol. The minimum Gasteiger partial charge on any atom is -0.303 e. The molecule has 0 bridgehead atoms. The van der Waals surface area contributed by atoms with Crippen LogP contribution in [0.4, 0.5) is 0 Å². The summed E-state index contributed by atoms with van der Waals surface area (Å²) in [7, 11) is 2.29. The normalized spacial score (nSPS) is 27.0. The Hall–Kier alpha value is 0.310. The number of nitrogens with zero attached hydrogens (tertiary/aromatic N) is 1. The van der Waals surface area contributed by atoms with Gasteiger partial charge in [-0.2, -0.15) is 12.6 Å². The SMILES string of the molecule is CN(CC1(CS)CCCC1)C1CC1. The third-order valence-electron chi connectivity index (χ3n) is 3.75. The molecule has 0 radical (unpaired) electrons. The van der Waals surface area contributed by atoms with E-state index in [-0.39, 0.29) is 0 Å². The van der Waals surface area contributed by atoms with Gasteiger partial charge in [0.05, 0.1) is 0 Å². The quantitative estimate of drug-likeness (QED) is 0.681. The van der Waals surface area contributed by atoms with Crippen molar-refractivity contribution in [3.8, 4) is 0 Å². The van der Waals surface area contributed by atoms with E-state index >= 15 is 0 Å². The number of rotatable bonds is 4. The van der Waals surface area contributed by atoms with Crippen LogP contribution >= 0.6 is 12.6 Å². The van der Waals surface area contributed by atoms with Crippen molar-refractivity contribution in [2.24, 2.45) is 5.41 Å². The first-order valence-corrected chi connectivity index (χ1v) is 6.20. The van der Waals surface area contributed by atoms with Crippen LogP contribution in [-0.2, 0) is 0 Å². The van der Waals surface area contributed by atoms with E-state index in [2.05, 4.69) is 24.6 Å². The zero-order valence-electron chi connectivity index (χ0n) is 8.63. The summed E-state index contributed by atoms with van der Waals surface area (Å²) in [6.45, 7) is 1.29. The fourth-order valence-electron chi connectivity index (χ4n) is 2.66. The highest BCUT2D eigenvalue weighted by Crippen LogP contribution is 2.41. The van der Waals surface area contributed by atoms with Crippen LogP contribution in [0.2, 0.25) is 0 Å². The van der Waals surface area contributed by atoms with E-state index in [0.717, 1.165) is 11.8 Å². The molecule has 0 aromatic heterocycles. The lowest BCUT2D eigenvalue weighted by atomic mass is 9.88. The van der Waals surface area contributed by atoms with Crippen LogP contribution in [0.25, 0.3) is 0 Å². The van der Waals surface area contributed by atoms with Gasteiger partial charge in [0.1, 0.15) is 0 Å². The van der Waals surface area contributed by atoms with Gasteiger partial charge in [-0.25, -0.2) is 0 Å². The Morgan fingerprint density at radius 3 is 2.38 bits per heavy atom. The van der Waals surface area contributed by atoms with Crippen molar-refractivity contribution in [1.82, 2.24) is 4.90 Å². The van der Waals surface area contributed by atoms with Crippen LogP contribution in [0, 0.1) is 5.41 Å². The second-order valence-electron chi connectivity index (χ2n) is 5.01. The van der Waals surface area contributed by atoms with Gasteiger partial charge in [-0.1, -0.05) is 12.8 Å². The molecular weight excluding hydrogens is 178 g/mol. The maximum atomic E-state index is 4.54. The van der Waals surface area contributed by atoms with Gasteiger partial charge >= 0.3 is 0 Å². The predicted octanol–water partition coefficient (Wildman–Crippen LogP) is 2.57. The Kier molecular flexibility index (Phi) is 2.89. The Labute approximate surface area is 87.3 Å². The van der Waals surface area contributed by atoms with Crippen LogP contribution < -0.4 is 0 Å². The first-order valence-electron chi connectivity index (χ1n) is 5.57. The molecule has 13 heavy (non-hydrogen) atoms. The van der Waals surface area contributed by atoms with E-state index in [1.54, 1.807) is 0 Å². The molecule has 2 aliphatic rings. The summed E-state index contributed by atoms with van der Waals surface area (Å²) in [5.41, 5.74) is 0.570. The molecule has 0 atom stereocenters. The molecule has 2 aliphatic carbocycles. The molecule has 1 nitrogen and oxygen atoms in total. The summed E-state index contributed by atoms with van der Waals surface area (Å²) in [4.78, 5) is 2.57. The van der Waals surface area contributed by atoms with Crippen LogP contribution in [0.3, 0.4) is 0 Å². The highest BCUT2D eigenvalue weighted by Gasteiger charge is 2.37. The third-order valence-corrected chi connectivity index (χ3v) is 4.43. The van der Waals surface area contributed by atoms with Gasteiger partial charge in [0, 0.05) is 12.6 Å². The zero-order chi connectivity index (χ0) is 9.31. The number of thiol groups is 1. The minimum atomic E-state index is 0.570. The molecule has 0 saturated heterocycles. The summed E-state index contributed by atoms with van der Waals surface area (Å²) in [6, 6.07) is 0.914. The molecule has 0 N–H and O–H groups in total. The lowest BCUT2D eigenvalue weighted by molar-refractivity contribution is 0.195. The molecule has 2 fully saturated rings. The van der Waals surface area contributed by atoms with Gasteiger partial charge in [0.2, 0.25) is 0 Å². The van der Waals surface area contributed by atoms with Gasteiger partial charge in [0.25, 0.3) is 0 Å². The molecule has 0 spiro atoms. The lowest BCUT2D eigenvalue weighted by Gasteiger charge is -2.32. The minimum absolute atomic E-state index is 0.570. The first kappa shape index (κ1) is 9.85. The van der Waals surface area contributed by atoms with Crippen LogP contribution in [0.5, 0.6) is 0 Å². The van der Waals surface area contributed by atoms with Gasteiger partial charge in [-0.15, -0.1) is 0 Å². The summed E-state index contributed by atoms with van der Waals surface area (Å²) < 4.78 is 0. The van der Waals surface area contributed by atoms with Crippen molar-refractivity contribution in [2.75, 3.05) is 19.3 Å². The second kappa shape index (κ2) is 3.82. The second-order valence-corrected chi connectivity index (χ2v) is 5.33. The Balaban J connectivity index is 1.88. The number of hydrogen-bond acceptors (Lipinski definition) is 2. The van der Waals surface area contributed by atoms with Crippen molar-refractivity contribution in [2.45, 2.75) is 44.6 Å². The molecule has 0 aliphatic heterocycles. The van der Waals surface area contributed by atoms with Crippen molar-refractivity contribution >= 4 is 12.6 Å². The summed E-state index contributed by atoms with van der Waals surface area (Å²) in [6.07, 6.45) is 8.54. The van der Waals surface area contributed by atoms with Crippen LogP contribution in [-0.4, -0.2) is 30.3 Å². The summed E-state index contributed by atoms with van der Waals surface area (Å²) >= 11 is 4.54. The average Bonchev–Trinajstić information content (AvgIpc) is 2.89. The summed E-state index contributed by atoms with van der Waals surface area (Å²) in [5.74, 6) is 1.09. The maximum Gasteiger partial charge on any atom is 0.00936 e. The molecule has 0 aromatic rings. The first-order chi connectivity index (χ1) is 6.26. The lowest BCUT2D eigenvalue weighted by Crippen LogP contribution is -2.36. The van der Waals surface area contributed by atoms with Gasteiger partial charge in [-0.3, -0.25) is 0 Å². The highest BCUT2D eigenvalue weighted by atomic mass is 32.1. The topological polar surface area (TPSA) is 3.24 Å². The fraction of sp³-hybridized carbons (Fsp3) is 1.00. The van der Waals surface area contributed by atoms with E-state index < -0.39 is 0 Å². The largest absolute Gasteiger partial charge is 0.303 e. The number of hydrogen-bond donors (Lipinski definition) is 1. The summed E-state index contributed by atoms with van der Waals surface area (Å²) in [5, 5.41) is 0. The fourth-order valence-corrected chi connectivity index (χ4v) is 3.08. The molecule has 0 amide bonds. The van der Waals surface area contributed by atoms with Gasteiger partial charge in [0.15, 0.2) is 0 Å². The van der Waals surface area contributed by atoms with Gasteiger partial charge in [-0.05, 0) is 43.9 Å². The van der Waals surface area contributed by atoms with Crippen LogP contribution in [0.1, 0.15) is 38.5 Å². The Bertz CT molecular complexity index is 171. The van der Waals surface area contributed by atoms with E-state index in [9.17, 15) is 0 Å². The molecular formula is C11H21NS. The molecule has 0 heterocycles. The molecule has 2 heteroatoms. The van der Waals surface area contributed by atoms with E-state index in [0.29, 0.717) is 5.41 Å². The molecule has 2 rings (SSSR count). The van der Waals surface area contributed by atoms with E-state index in [1.165, 1.54) is 45.1 Å². The monoisotopic (exact) mass is 199 g/mol. The van der Waals surface area contributed by atoms with Crippen molar-refractivity contribution in [3.63, 3.8) is 0 Å². The third kappa shape index (κ3) is 2.21. The maximum absolute atomic E-state index is 4.54. The highest BCUT2D eigenvalue weighted by molar-refractivity contribution is 7.80. The van der Waals surface area contributed by atoms with Crippen molar-refractivity contribution in [3.05, 3.63) is 0 Å². The van der Waals surface area contributed by atoms with E-state index in [4.69, 9.17) is 0 Å². The smallest absolute Gasteiger partial charge is 0.00936 e. The average molecular weight is 199 g/mol. The molecule has 76 valence electrons.